The summed E-state index contributed by atoms with van der Waals surface area (Å²) >= 11 is 11.0. The van der Waals surface area contributed by atoms with E-state index < -0.39 is 0 Å². The van der Waals surface area contributed by atoms with Crippen molar-refractivity contribution in [2.45, 2.75) is 13.5 Å². The summed E-state index contributed by atoms with van der Waals surface area (Å²) < 4.78 is 21.4. The molecule has 140 valence electrons. The predicted octanol–water partition coefficient (Wildman–Crippen LogP) is 5.84. The van der Waals surface area contributed by atoms with Crippen molar-refractivity contribution in [1.82, 2.24) is 4.90 Å². The van der Waals surface area contributed by atoms with Crippen LogP contribution in [0.1, 0.15) is 18.1 Å². The zero-order valence-electron chi connectivity index (χ0n) is 14.2. The quantitative estimate of drug-likeness (QED) is 0.238. The van der Waals surface area contributed by atoms with Gasteiger partial charge in [-0.3, -0.25) is 9.69 Å². The van der Waals surface area contributed by atoms with Crippen molar-refractivity contribution in [2.75, 3.05) is 6.54 Å². The molecule has 1 aliphatic rings. The van der Waals surface area contributed by atoms with Crippen LogP contribution >= 0.6 is 69.2 Å². The Balaban J connectivity index is 1.79. The van der Waals surface area contributed by atoms with E-state index in [1.165, 1.54) is 23.9 Å². The number of benzene rings is 2. The highest BCUT2D eigenvalue weighted by molar-refractivity contribution is 14.1. The third kappa shape index (κ3) is 5.01. The van der Waals surface area contributed by atoms with Gasteiger partial charge in [-0.25, -0.2) is 4.39 Å². The van der Waals surface area contributed by atoms with Gasteiger partial charge >= 0.3 is 0 Å². The monoisotopic (exact) mass is 625 g/mol. The first-order chi connectivity index (χ1) is 12.9. The van der Waals surface area contributed by atoms with Crippen LogP contribution in [0.15, 0.2) is 41.3 Å². The Morgan fingerprint density at radius 2 is 1.85 bits per heavy atom. The molecule has 1 amide bonds. The zero-order valence-corrected chi connectivity index (χ0v) is 20.1. The maximum Gasteiger partial charge on any atom is 0.266 e. The molecular formula is C19H14FI2NO2S2. The molecule has 0 N–H and O–H groups in total. The minimum Gasteiger partial charge on any atom is -0.487 e. The molecule has 1 fully saturated rings. The zero-order chi connectivity index (χ0) is 19.6. The number of halogens is 3. The lowest BCUT2D eigenvalue weighted by atomic mass is 10.2. The molecule has 0 spiro atoms. The number of thioether (sulfide) groups is 1. The first-order valence-corrected chi connectivity index (χ1v) is 11.4. The van der Waals surface area contributed by atoms with Crippen molar-refractivity contribution >= 4 is 85.5 Å². The number of likely N-dealkylation sites (N-methyl/N-ethyl adjacent to an activating group) is 1. The summed E-state index contributed by atoms with van der Waals surface area (Å²) in [7, 11) is 0. The SMILES string of the molecule is CCN1C(=O)/C(=C/c2cc(I)c(OCc3ccc(F)cc3)c(I)c2)SC1=S. The summed E-state index contributed by atoms with van der Waals surface area (Å²) in [6, 6.07) is 10.2. The lowest BCUT2D eigenvalue weighted by molar-refractivity contribution is -0.121. The Bertz CT molecular complexity index is 909. The number of ether oxygens (including phenoxy) is 1. The van der Waals surface area contributed by atoms with Crippen LogP contribution in [0.2, 0.25) is 0 Å². The van der Waals surface area contributed by atoms with E-state index in [9.17, 15) is 9.18 Å². The average molecular weight is 625 g/mol. The van der Waals surface area contributed by atoms with Gasteiger partial charge in [-0.05, 0) is 93.6 Å². The van der Waals surface area contributed by atoms with E-state index in [2.05, 4.69) is 45.2 Å². The molecule has 0 radical (unpaired) electrons. The van der Waals surface area contributed by atoms with Gasteiger partial charge in [0, 0.05) is 6.54 Å². The Labute approximate surface area is 194 Å². The maximum absolute atomic E-state index is 13.0. The fraction of sp³-hybridized carbons (Fsp3) is 0.158. The Morgan fingerprint density at radius 1 is 1.22 bits per heavy atom. The largest absolute Gasteiger partial charge is 0.487 e. The highest BCUT2D eigenvalue weighted by Gasteiger charge is 2.30. The van der Waals surface area contributed by atoms with Crippen LogP contribution < -0.4 is 4.74 Å². The molecule has 1 saturated heterocycles. The van der Waals surface area contributed by atoms with E-state index in [4.69, 9.17) is 17.0 Å². The number of nitrogens with zero attached hydrogens (tertiary/aromatic N) is 1. The Morgan fingerprint density at radius 3 is 2.41 bits per heavy atom. The van der Waals surface area contributed by atoms with Gasteiger partial charge in [-0.1, -0.05) is 36.1 Å². The van der Waals surface area contributed by atoms with E-state index in [1.807, 2.05) is 25.1 Å². The molecule has 8 heteroatoms. The maximum atomic E-state index is 13.0. The molecule has 1 aliphatic heterocycles. The first kappa shape index (κ1) is 21.0. The number of amides is 1. The van der Waals surface area contributed by atoms with Crippen molar-refractivity contribution in [1.29, 1.82) is 0 Å². The summed E-state index contributed by atoms with van der Waals surface area (Å²) in [5, 5.41) is 0. The van der Waals surface area contributed by atoms with Gasteiger partial charge in [0.1, 0.15) is 22.5 Å². The normalized spacial score (nSPS) is 15.7. The number of carbonyl (C=O) groups excluding carboxylic acids is 1. The van der Waals surface area contributed by atoms with Crippen LogP contribution in [0, 0.1) is 13.0 Å². The number of hydrogen-bond acceptors (Lipinski definition) is 4. The third-order valence-electron chi connectivity index (χ3n) is 3.80. The second kappa shape index (κ2) is 9.19. The van der Waals surface area contributed by atoms with E-state index in [0.29, 0.717) is 22.4 Å². The van der Waals surface area contributed by atoms with E-state index in [-0.39, 0.29) is 11.7 Å². The molecule has 3 nitrogen and oxygen atoms in total. The fourth-order valence-electron chi connectivity index (χ4n) is 2.46. The minimum absolute atomic E-state index is 0.0471. The molecule has 27 heavy (non-hydrogen) atoms. The van der Waals surface area contributed by atoms with Crippen LogP contribution in [0.3, 0.4) is 0 Å². The van der Waals surface area contributed by atoms with Gasteiger partial charge in [0.25, 0.3) is 5.91 Å². The second-order valence-corrected chi connectivity index (χ2v) is 9.65. The van der Waals surface area contributed by atoms with E-state index in [0.717, 1.165) is 24.0 Å². The standard InChI is InChI=1S/C19H14FI2NO2S2/c1-2-23-18(24)16(27-19(23)26)9-12-7-14(21)17(15(22)8-12)25-10-11-3-5-13(20)6-4-11/h3-9H,2,10H2,1H3/b16-9-. The number of thiocarbonyl (C=S) groups is 1. The molecule has 2 aromatic rings. The van der Waals surface area contributed by atoms with Gasteiger partial charge in [-0.15, -0.1) is 0 Å². The van der Waals surface area contributed by atoms with Crippen LogP contribution in [0.4, 0.5) is 4.39 Å². The highest BCUT2D eigenvalue weighted by Crippen LogP contribution is 2.35. The van der Waals surface area contributed by atoms with Crippen molar-refractivity contribution in [3.63, 3.8) is 0 Å². The lowest BCUT2D eigenvalue weighted by Crippen LogP contribution is -2.27. The molecule has 1 heterocycles. The molecule has 0 unspecified atom stereocenters. The van der Waals surface area contributed by atoms with Gasteiger partial charge in [0.15, 0.2) is 0 Å². The topological polar surface area (TPSA) is 29.5 Å². The molecule has 0 atom stereocenters. The second-order valence-electron chi connectivity index (χ2n) is 5.65. The molecule has 0 aromatic heterocycles. The highest BCUT2D eigenvalue weighted by atomic mass is 127. The summed E-state index contributed by atoms with van der Waals surface area (Å²) in [6.45, 7) is 2.85. The molecule has 0 aliphatic carbocycles. The van der Waals surface area contributed by atoms with Crippen molar-refractivity contribution < 1.29 is 13.9 Å². The number of hydrogen-bond donors (Lipinski definition) is 0. The van der Waals surface area contributed by atoms with E-state index in [1.54, 1.807) is 17.0 Å². The summed E-state index contributed by atoms with van der Waals surface area (Å²) in [5.74, 6) is 0.466. The van der Waals surface area contributed by atoms with Crippen molar-refractivity contribution in [3.8, 4) is 5.75 Å². The third-order valence-corrected chi connectivity index (χ3v) is 6.78. The van der Waals surface area contributed by atoms with Crippen LogP contribution in [-0.2, 0) is 11.4 Å². The van der Waals surface area contributed by atoms with Crippen LogP contribution in [0.25, 0.3) is 6.08 Å². The van der Waals surface area contributed by atoms with Gasteiger partial charge in [0.05, 0.1) is 12.0 Å². The van der Waals surface area contributed by atoms with Gasteiger partial charge < -0.3 is 4.74 Å². The minimum atomic E-state index is -0.263. The predicted molar refractivity (Wildman–Crippen MR) is 128 cm³/mol. The molecule has 2 aromatic carbocycles. The van der Waals surface area contributed by atoms with Crippen LogP contribution in [0.5, 0.6) is 5.75 Å². The van der Waals surface area contributed by atoms with Gasteiger partial charge in [0.2, 0.25) is 0 Å². The van der Waals surface area contributed by atoms with Crippen molar-refractivity contribution in [3.05, 3.63) is 65.4 Å². The van der Waals surface area contributed by atoms with Crippen LogP contribution in [-0.4, -0.2) is 21.7 Å². The molecule has 3 rings (SSSR count). The summed E-state index contributed by atoms with van der Waals surface area (Å²) in [4.78, 5) is 14.6. The fourth-order valence-corrected chi connectivity index (χ4v) is 5.97. The number of rotatable bonds is 5. The average Bonchev–Trinajstić information content (AvgIpc) is 2.88. The summed E-state index contributed by atoms with van der Waals surface area (Å²) in [5.41, 5.74) is 1.82. The smallest absolute Gasteiger partial charge is 0.266 e. The summed E-state index contributed by atoms with van der Waals surface area (Å²) in [6.07, 6.45) is 1.86. The molecule has 0 bridgehead atoms. The lowest BCUT2D eigenvalue weighted by Gasteiger charge is -2.12. The number of carbonyl (C=O) groups is 1. The molecule has 0 saturated carbocycles. The van der Waals surface area contributed by atoms with Gasteiger partial charge in [-0.2, -0.15) is 0 Å². The molecular weight excluding hydrogens is 611 g/mol. The first-order valence-electron chi connectivity index (χ1n) is 8.00. The van der Waals surface area contributed by atoms with E-state index >= 15 is 0 Å². The van der Waals surface area contributed by atoms with Crippen molar-refractivity contribution in [2.24, 2.45) is 0 Å². The Hall–Kier alpha value is -0.720. The Kier molecular flexibility index (Phi) is 7.14.